The average molecular weight is 327 g/mol. The van der Waals surface area contributed by atoms with Crippen LogP contribution in [-0.4, -0.2) is 41.5 Å². The molecule has 1 aliphatic heterocycles. The normalized spacial score (nSPS) is 19.4. The second-order valence-electron chi connectivity index (χ2n) is 4.64. The molecule has 1 fully saturated rings. The molecule has 0 radical (unpaired) electrons. The molecule has 5 nitrogen and oxygen atoms in total. The Hall–Kier alpha value is -1.56. The number of hydrogen-bond acceptors (Lipinski definition) is 3. The highest BCUT2D eigenvalue weighted by molar-refractivity contribution is 9.10. The number of phenols is 1. The van der Waals surface area contributed by atoms with Crippen molar-refractivity contribution in [2.24, 2.45) is 0 Å². The van der Waals surface area contributed by atoms with Gasteiger partial charge in [0, 0.05) is 30.5 Å². The van der Waals surface area contributed by atoms with E-state index >= 15 is 0 Å². The number of halogens is 1. The van der Waals surface area contributed by atoms with Crippen molar-refractivity contribution in [1.82, 2.24) is 10.2 Å². The Bertz CT molecular complexity index is 519. The zero-order chi connectivity index (χ0) is 14.0. The molecule has 0 saturated carbocycles. The van der Waals surface area contributed by atoms with Crippen molar-refractivity contribution in [3.63, 3.8) is 0 Å². The monoisotopic (exact) mass is 326 g/mol. The number of nitrogens with zero attached hydrogens (tertiary/aromatic N) is 1. The summed E-state index contributed by atoms with van der Waals surface area (Å²) in [5, 5.41) is 12.6. The third-order valence-electron chi connectivity index (χ3n) is 3.17. The van der Waals surface area contributed by atoms with Gasteiger partial charge < -0.3 is 15.3 Å². The molecule has 2 N–H and O–H groups in total. The van der Waals surface area contributed by atoms with Crippen LogP contribution in [0.15, 0.2) is 22.7 Å². The molecule has 102 valence electrons. The summed E-state index contributed by atoms with van der Waals surface area (Å²) in [6.07, 6.45) is 1.07. The molecule has 19 heavy (non-hydrogen) atoms. The summed E-state index contributed by atoms with van der Waals surface area (Å²) in [7, 11) is 1.72. The van der Waals surface area contributed by atoms with Crippen molar-refractivity contribution in [3.8, 4) is 5.75 Å². The van der Waals surface area contributed by atoms with Gasteiger partial charge in [-0.05, 0) is 24.6 Å². The van der Waals surface area contributed by atoms with E-state index in [0.717, 1.165) is 0 Å². The van der Waals surface area contributed by atoms with Crippen LogP contribution in [-0.2, 0) is 4.79 Å². The number of benzene rings is 1. The number of hydrogen-bond donors (Lipinski definition) is 2. The van der Waals surface area contributed by atoms with Crippen molar-refractivity contribution in [2.45, 2.75) is 18.9 Å². The highest BCUT2D eigenvalue weighted by Crippen LogP contribution is 2.22. The first kappa shape index (κ1) is 13.9. The Morgan fingerprint density at radius 2 is 2.26 bits per heavy atom. The van der Waals surface area contributed by atoms with Gasteiger partial charge in [-0.15, -0.1) is 0 Å². The van der Waals surface area contributed by atoms with Gasteiger partial charge in [0.05, 0.1) is 5.56 Å². The molecular formula is C13H15BrN2O3. The number of carbonyl (C=O) groups is 2. The van der Waals surface area contributed by atoms with Crippen molar-refractivity contribution in [2.75, 3.05) is 13.6 Å². The smallest absolute Gasteiger partial charge is 0.255 e. The topological polar surface area (TPSA) is 69.6 Å². The van der Waals surface area contributed by atoms with Gasteiger partial charge >= 0.3 is 0 Å². The molecule has 0 bridgehead atoms. The van der Waals surface area contributed by atoms with Crippen LogP contribution in [0.2, 0.25) is 0 Å². The van der Waals surface area contributed by atoms with Crippen LogP contribution in [0.3, 0.4) is 0 Å². The molecule has 1 heterocycles. The summed E-state index contributed by atoms with van der Waals surface area (Å²) < 4.78 is 0.713. The Morgan fingerprint density at radius 3 is 2.89 bits per heavy atom. The SMILES string of the molecule is CN1CC(NC(=O)c2ccc(Br)cc2O)CCC1=O. The minimum atomic E-state index is -0.322. The molecule has 0 aromatic heterocycles. The van der Waals surface area contributed by atoms with E-state index in [4.69, 9.17) is 0 Å². The van der Waals surface area contributed by atoms with Gasteiger partial charge in [0.2, 0.25) is 5.91 Å². The molecule has 1 atom stereocenters. The predicted molar refractivity (Wildman–Crippen MR) is 73.9 cm³/mol. The van der Waals surface area contributed by atoms with Crippen molar-refractivity contribution < 1.29 is 14.7 Å². The number of likely N-dealkylation sites (N-methyl/N-ethyl adjacent to an activating group) is 1. The van der Waals surface area contributed by atoms with Gasteiger partial charge in [0.25, 0.3) is 5.91 Å². The Kier molecular flexibility index (Phi) is 4.09. The minimum absolute atomic E-state index is 0.0629. The maximum Gasteiger partial charge on any atom is 0.255 e. The first-order valence-electron chi connectivity index (χ1n) is 6.00. The maximum atomic E-state index is 12.0. The predicted octanol–water partition coefficient (Wildman–Crippen LogP) is 1.51. The summed E-state index contributed by atoms with van der Waals surface area (Å²) in [6, 6.07) is 4.67. The number of carbonyl (C=O) groups excluding carboxylic acids is 2. The van der Waals surface area contributed by atoms with Crippen molar-refractivity contribution >= 4 is 27.7 Å². The molecule has 1 saturated heterocycles. The van der Waals surface area contributed by atoms with Crippen LogP contribution in [0, 0.1) is 0 Å². The lowest BCUT2D eigenvalue weighted by molar-refractivity contribution is -0.132. The van der Waals surface area contributed by atoms with Gasteiger partial charge in [0.15, 0.2) is 0 Å². The summed E-state index contributed by atoms with van der Waals surface area (Å²) in [5.41, 5.74) is 0.239. The first-order valence-corrected chi connectivity index (χ1v) is 6.80. The second kappa shape index (κ2) is 5.61. The van der Waals surface area contributed by atoms with E-state index in [9.17, 15) is 14.7 Å². The lowest BCUT2D eigenvalue weighted by Gasteiger charge is -2.30. The molecule has 1 aromatic carbocycles. The summed E-state index contributed by atoms with van der Waals surface area (Å²) >= 11 is 3.22. The average Bonchev–Trinajstić information content (AvgIpc) is 2.33. The van der Waals surface area contributed by atoms with E-state index in [2.05, 4.69) is 21.2 Å². The minimum Gasteiger partial charge on any atom is -0.507 e. The Balaban J connectivity index is 2.03. The van der Waals surface area contributed by atoms with Crippen LogP contribution in [0.5, 0.6) is 5.75 Å². The molecule has 2 amide bonds. The summed E-state index contributed by atoms with van der Waals surface area (Å²) in [4.78, 5) is 25.0. The fourth-order valence-electron chi connectivity index (χ4n) is 2.09. The maximum absolute atomic E-state index is 12.0. The van der Waals surface area contributed by atoms with Crippen molar-refractivity contribution in [1.29, 1.82) is 0 Å². The number of rotatable bonds is 2. The molecule has 1 unspecified atom stereocenters. The molecular weight excluding hydrogens is 312 g/mol. The Labute approximate surface area is 119 Å². The van der Waals surface area contributed by atoms with Gasteiger partial charge in [-0.1, -0.05) is 15.9 Å². The number of amides is 2. The molecule has 1 aliphatic rings. The number of aromatic hydroxyl groups is 1. The Morgan fingerprint density at radius 1 is 1.53 bits per heavy atom. The van der Waals surface area contributed by atoms with Crippen LogP contribution in [0.1, 0.15) is 23.2 Å². The van der Waals surface area contributed by atoms with Crippen LogP contribution < -0.4 is 5.32 Å². The quantitative estimate of drug-likeness (QED) is 0.865. The highest BCUT2D eigenvalue weighted by atomic mass is 79.9. The first-order chi connectivity index (χ1) is 8.97. The third-order valence-corrected chi connectivity index (χ3v) is 3.66. The molecule has 1 aromatic rings. The number of likely N-dealkylation sites (tertiary alicyclic amines) is 1. The fourth-order valence-corrected chi connectivity index (χ4v) is 2.44. The number of nitrogens with one attached hydrogen (secondary N) is 1. The lowest BCUT2D eigenvalue weighted by atomic mass is 10.0. The van der Waals surface area contributed by atoms with Crippen LogP contribution in [0.25, 0.3) is 0 Å². The molecule has 2 rings (SSSR count). The van der Waals surface area contributed by atoms with Gasteiger partial charge in [0.1, 0.15) is 5.75 Å². The van der Waals surface area contributed by atoms with E-state index in [1.165, 1.54) is 6.07 Å². The number of piperidine rings is 1. The molecule has 0 aliphatic carbocycles. The summed E-state index contributed by atoms with van der Waals surface area (Å²) in [6.45, 7) is 0.502. The van der Waals surface area contributed by atoms with E-state index in [0.29, 0.717) is 23.9 Å². The van der Waals surface area contributed by atoms with Gasteiger partial charge in [-0.3, -0.25) is 9.59 Å². The third kappa shape index (κ3) is 3.26. The van der Waals surface area contributed by atoms with Gasteiger partial charge in [-0.2, -0.15) is 0 Å². The van der Waals surface area contributed by atoms with E-state index < -0.39 is 0 Å². The number of phenolic OH excluding ortho intramolecular Hbond substituents is 1. The zero-order valence-electron chi connectivity index (χ0n) is 10.5. The van der Waals surface area contributed by atoms with E-state index in [1.54, 1.807) is 24.1 Å². The summed E-state index contributed by atoms with van der Waals surface area (Å²) in [5.74, 6) is -0.290. The zero-order valence-corrected chi connectivity index (χ0v) is 12.1. The van der Waals surface area contributed by atoms with E-state index in [-0.39, 0.29) is 29.2 Å². The highest BCUT2D eigenvalue weighted by Gasteiger charge is 2.25. The van der Waals surface area contributed by atoms with Crippen molar-refractivity contribution in [3.05, 3.63) is 28.2 Å². The van der Waals surface area contributed by atoms with Gasteiger partial charge in [-0.25, -0.2) is 0 Å². The fraction of sp³-hybridized carbons (Fsp3) is 0.385. The lowest BCUT2D eigenvalue weighted by Crippen LogP contribution is -2.48. The molecule has 0 spiro atoms. The van der Waals surface area contributed by atoms with Crippen LogP contribution in [0.4, 0.5) is 0 Å². The van der Waals surface area contributed by atoms with E-state index in [1.807, 2.05) is 0 Å². The standard InChI is InChI=1S/C13H15BrN2O3/c1-16-7-9(3-5-12(16)18)15-13(19)10-4-2-8(14)6-11(10)17/h2,4,6,9,17H,3,5,7H2,1H3,(H,15,19). The second-order valence-corrected chi connectivity index (χ2v) is 5.56. The van der Waals surface area contributed by atoms with Crippen LogP contribution >= 0.6 is 15.9 Å². The molecule has 6 heteroatoms. The largest absolute Gasteiger partial charge is 0.507 e.